The van der Waals surface area contributed by atoms with Crippen molar-refractivity contribution < 1.29 is 9.47 Å². The molecule has 158 valence electrons. The second-order valence-electron chi connectivity index (χ2n) is 6.72. The second-order valence-corrected chi connectivity index (χ2v) is 7.67. The first-order chi connectivity index (χ1) is 14.7. The Balaban J connectivity index is 1.55. The van der Waals surface area contributed by atoms with Crippen LogP contribution in [-0.4, -0.2) is 38.3 Å². The van der Waals surface area contributed by atoms with Gasteiger partial charge in [0.2, 0.25) is 0 Å². The lowest BCUT2D eigenvalue weighted by atomic mass is 10.1. The Kier molecular flexibility index (Phi) is 8.23. The van der Waals surface area contributed by atoms with Crippen molar-refractivity contribution in [3.05, 3.63) is 70.0 Å². The predicted octanol–water partition coefficient (Wildman–Crippen LogP) is 4.01. The van der Waals surface area contributed by atoms with Gasteiger partial charge in [-0.15, -0.1) is 11.3 Å². The first kappa shape index (κ1) is 21.8. The normalized spacial score (nSPS) is 11.4. The molecule has 0 aliphatic rings. The largest absolute Gasteiger partial charge is 0.491 e. The van der Waals surface area contributed by atoms with Gasteiger partial charge >= 0.3 is 0 Å². The van der Waals surface area contributed by atoms with Crippen LogP contribution in [0.5, 0.6) is 5.75 Å². The Morgan fingerprint density at radius 2 is 1.87 bits per heavy atom. The molecule has 6 nitrogen and oxygen atoms in total. The van der Waals surface area contributed by atoms with Crippen LogP contribution in [0.3, 0.4) is 0 Å². The summed E-state index contributed by atoms with van der Waals surface area (Å²) in [5.41, 5.74) is 4.35. The minimum atomic E-state index is 0.522. The molecular formula is C23H28N4O2S. The van der Waals surface area contributed by atoms with Crippen molar-refractivity contribution in [1.29, 1.82) is 0 Å². The average Bonchev–Trinajstić information content (AvgIpc) is 3.25. The summed E-state index contributed by atoms with van der Waals surface area (Å²) in [6, 6.07) is 16.4. The smallest absolute Gasteiger partial charge is 0.191 e. The lowest BCUT2D eigenvalue weighted by molar-refractivity contribution is 0.145. The highest BCUT2D eigenvalue weighted by Gasteiger charge is 2.08. The Bertz CT molecular complexity index is 957. The summed E-state index contributed by atoms with van der Waals surface area (Å²) in [5, 5.41) is 9.77. The maximum atomic E-state index is 5.86. The molecule has 3 aromatic rings. The fourth-order valence-electron chi connectivity index (χ4n) is 2.87. The Labute approximate surface area is 182 Å². The summed E-state index contributed by atoms with van der Waals surface area (Å²) in [4.78, 5) is 9.03. The topological polar surface area (TPSA) is 67.8 Å². The number of rotatable bonds is 9. The molecule has 0 saturated heterocycles. The summed E-state index contributed by atoms with van der Waals surface area (Å²) < 4.78 is 10.9. The van der Waals surface area contributed by atoms with Gasteiger partial charge in [0.15, 0.2) is 5.96 Å². The van der Waals surface area contributed by atoms with E-state index in [1.165, 1.54) is 0 Å². The fraction of sp³-hybridized carbons (Fsp3) is 0.304. The average molecular weight is 425 g/mol. The summed E-state index contributed by atoms with van der Waals surface area (Å²) >= 11 is 1.64. The molecule has 0 fully saturated rings. The van der Waals surface area contributed by atoms with E-state index in [9.17, 15) is 0 Å². The number of nitrogens with one attached hydrogen (secondary N) is 2. The van der Waals surface area contributed by atoms with Gasteiger partial charge in [-0.25, -0.2) is 4.98 Å². The molecule has 0 aliphatic heterocycles. The molecule has 0 amide bonds. The number of ether oxygens (including phenoxy) is 2. The minimum Gasteiger partial charge on any atom is -0.491 e. The quantitative estimate of drug-likeness (QED) is 0.309. The van der Waals surface area contributed by atoms with Crippen molar-refractivity contribution in [3.8, 4) is 17.0 Å². The van der Waals surface area contributed by atoms with E-state index in [-0.39, 0.29) is 0 Å². The number of aliphatic imine (C=N–C) groups is 1. The molecule has 3 rings (SSSR count). The first-order valence-corrected chi connectivity index (χ1v) is 10.7. The van der Waals surface area contributed by atoms with Crippen LogP contribution in [0.25, 0.3) is 11.3 Å². The molecule has 1 heterocycles. The molecule has 0 unspecified atom stereocenters. The fourth-order valence-corrected chi connectivity index (χ4v) is 3.61. The molecule has 0 bridgehead atoms. The van der Waals surface area contributed by atoms with E-state index in [0.29, 0.717) is 26.3 Å². The number of thiazole rings is 1. The van der Waals surface area contributed by atoms with Crippen molar-refractivity contribution in [2.75, 3.05) is 27.4 Å². The summed E-state index contributed by atoms with van der Waals surface area (Å²) in [7, 11) is 3.43. The van der Waals surface area contributed by atoms with E-state index in [1.807, 2.05) is 24.3 Å². The molecular weight excluding hydrogens is 396 g/mol. The highest BCUT2D eigenvalue weighted by atomic mass is 32.1. The number of aromatic nitrogens is 1. The Hall–Kier alpha value is -2.90. The monoisotopic (exact) mass is 424 g/mol. The van der Waals surface area contributed by atoms with Gasteiger partial charge in [-0.2, -0.15) is 0 Å². The molecule has 0 saturated carbocycles. The SMILES string of the molecule is CN=C(NCc1nc(-c2ccccc2)cs1)NCc1ccc(C)cc1OCCOC. The van der Waals surface area contributed by atoms with Gasteiger partial charge in [-0.1, -0.05) is 42.5 Å². The van der Waals surface area contributed by atoms with Crippen LogP contribution >= 0.6 is 11.3 Å². The number of guanidine groups is 1. The van der Waals surface area contributed by atoms with Crippen LogP contribution in [0.4, 0.5) is 0 Å². The molecule has 0 spiro atoms. The first-order valence-electron chi connectivity index (χ1n) is 9.85. The van der Waals surface area contributed by atoms with Gasteiger partial charge in [-0.3, -0.25) is 4.99 Å². The van der Waals surface area contributed by atoms with Crippen LogP contribution in [-0.2, 0) is 17.8 Å². The number of benzene rings is 2. The standard InChI is InChI=1S/C23H28N4O2S/c1-17-9-10-19(21(13-17)29-12-11-28-3)14-25-23(24-2)26-15-22-27-20(16-30-22)18-7-5-4-6-8-18/h4-10,13,16H,11-12,14-15H2,1-3H3,(H2,24,25,26). The van der Waals surface area contributed by atoms with E-state index >= 15 is 0 Å². The summed E-state index contributed by atoms with van der Waals surface area (Å²) in [5.74, 6) is 1.58. The van der Waals surface area contributed by atoms with Gasteiger partial charge in [-0.05, 0) is 18.6 Å². The van der Waals surface area contributed by atoms with Gasteiger partial charge < -0.3 is 20.1 Å². The van der Waals surface area contributed by atoms with E-state index in [1.54, 1.807) is 25.5 Å². The van der Waals surface area contributed by atoms with E-state index in [4.69, 9.17) is 14.5 Å². The van der Waals surface area contributed by atoms with Crippen molar-refractivity contribution in [3.63, 3.8) is 0 Å². The van der Waals surface area contributed by atoms with Crippen LogP contribution in [0.15, 0.2) is 58.9 Å². The molecule has 2 aromatic carbocycles. The third kappa shape index (κ3) is 6.30. The summed E-state index contributed by atoms with van der Waals surface area (Å²) in [6.45, 7) is 4.35. The number of nitrogens with zero attached hydrogens (tertiary/aromatic N) is 2. The molecule has 0 atom stereocenters. The van der Waals surface area contributed by atoms with Crippen LogP contribution in [0, 0.1) is 6.92 Å². The van der Waals surface area contributed by atoms with E-state index in [0.717, 1.165) is 39.1 Å². The molecule has 1 aromatic heterocycles. The third-order valence-corrected chi connectivity index (χ3v) is 5.31. The van der Waals surface area contributed by atoms with Gasteiger partial charge in [0.25, 0.3) is 0 Å². The Morgan fingerprint density at radius 3 is 2.63 bits per heavy atom. The van der Waals surface area contributed by atoms with Gasteiger partial charge in [0.1, 0.15) is 17.4 Å². The maximum absolute atomic E-state index is 5.86. The predicted molar refractivity (Wildman–Crippen MR) is 123 cm³/mol. The van der Waals surface area contributed by atoms with E-state index < -0.39 is 0 Å². The van der Waals surface area contributed by atoms with Crippen LogP contribution in [0.2, 0.25) is 0 Å². The molecule has 2 N–H and O–H groups in total. The molecule has 7 heteroatoms. The number of hydrogen-bond acceptors (Lipinski definition) is 5. The molecule has 30 heavy (non-hydrogen) atoms. The maximum Gasteiger partial charge on any atom is 0.191 e. The van der Waals surface area contributed by atoms with Crippen molar-refractivity contribution in [2.24, 2.45) is 4.99 Å². The number of aryl methyl sites for hydroxylation is 1. The lowest BCUT2D eigenvalue weighted by Crippen LogP contribution is -2.36. The zero-order chi connectivity index (χ0) is 21.2. The third-order valence-electron chi connectivity index (χ3n) is 4.47. The minimum absolute atomic E-state index is 0.522. The Morgan fingerprint density at radius 1 is 1.07 bits per heavy atom. The zero-order valence-electron chi connectivity index (χ0n) is 17.6. The molecule has 0 radical (unpaired) electrons. The van der Waals surface area contributed by atoms with Gasteiger partial charge in [0, 0.05) is 37.2 Å². The highest BCUT2D eigenvalue weighted by Crippen LogP contribution is 2.22. The van der Waals surface area contributed by atoms with Crippen LogP contribution in [0.1, 0.15) is 16.1 Å². The number of methoxy groups -OCH3 is 1. The van der Waals surface area contributed by atoms with Crippen molar-refractivity contribution in [2.45, 2.75) is 20.0 Å². The summed E-state index contributed by atoms with van der Waals surface area (Å²) in [6.07, 6.45) is 0. The van der Waals surface area contributed by atoms with Gasteiger partial charge in [0.05, 0.1) is 18.8 Å². The molecule has 0 aliphatic carbocycles. The van der Waals surface area contributed by atoms with Crippen molar-refractivity contribution >= 4 is 17.3 Å². The second kappa shape index (κ2) is 11.3. The van der Waals surface area contributed by atoms with Crippen molar-refractivity contribution in [1.82, 2.24) is 15.6 Å². The van der Waals surface area contributed by atoms with E-state index in [2.05, 4.69) is 52.2 Å². The highest BCUT2D eigenvalue weighted by molar-refractivity contribution is 7.09. The lowest BCUT2D eigenvalue weighted by Gasteiger charge is -2.15. The zero-order valence-corrected chi connectivity index (χ0v) is 18.5. The van der Waals surface area contributed by atoms with Crippen LogP contribution < -0.4 is 15.4 Å². The number of hydrogen-bond donors (Lipinski definition) is 2.